The van der Waals surface area contributed by atoms with Crippen molar-refractivity contribution in [3.63, 3.8) is 0 Å². The number of alkyl carbamates (subject to hydrolysis) is 1. The van der Waals surface area contributed by atoms with Gasteiger partial charge in [0.2, 0.25) is 11.7 Å². The van der Waals surface area contributed by atoms with Crippen molar-refractivity contribution in [1.82, 2.24) is 5.32 Å². The molecule has 0 aromatic heterocycles. The fourth-order valence-corrected chi connectivity index (χ4v) is 3.84. The zero-order valence-electron chi connectivity index (χ0n) is 17.0. The van der Waals surface area contributed by atoms with Gasteiger partial charge < -0.3 is 20.5 Å². The molecule has 2 atom stereocenters. The number of ether oxygens (including phenoxy) is 1. The first kappa shape index (κ1) is 23.8. The lowest BCUT2D eigenvalue weighted by molar-refractivity contribution is -0.134. The number of nitrogens with one attached hydrogen (secondary N) is 2. The molecule has 2 rings (SSSR count). The average molecular weight is 443 g/mol. The van der Waals surface area contributed by atoms with Crippen molar-refractivity contribution in [3.8, 4) is 6.07 Å². The number of hydrogen-bond donors (Lipinski definition) is 3. The normalized spacial score (nSPS) is 12.1. The van der Waals surface area contributed by atoms with Gasteiger partial charge in [0.25, 0.3) is 0 Å². The van der Waals surface area contributed by atoms with E-state index in [1.54, 1.807) is 30.5 Å². The van der Waals surface area contributed by atoms with Gasteiger partial charge in [-0.05, 0) is 40.7 Å². The Bertz CT molecular complexity index is 928. The maximum Gasteiger partial charge on any atom is 0.408 e. The molecule has 31 heavy (non-hydrogen) atoms. The molecule has 0 saturated heterocycles. The fraction of sp³-hybridized carbons (Fsp3) is 0.273. The largest absolute Gasteiger partial charge is 0.478 e. The summed E-state index contributed by atoms with van der Waals surface area (Å²) >= 11 is 0. The molecule has 0 fully saturated rings. The van der Waals surface area contributed by atoms with E-state index in [9.17, 15) is 14.4 Å². The standard InChI is InChI=1S/C22H23N3O5S/c1-31(15-20(26)27)12-11-19(21(28)24-18-9-7-16(13-23)8-10-18)25-22(29)30-14-17-5-3-2-4-6-17/h2-10,19H,11-12,14-15H2,1H3,(H2-,24,25,26,27,28,29)/p+1/t19-,31?/m0/s1. The summed E-state index contributed by atoms with van der Waals surface area (Å²) in [5.74, 6) is -0.896. The minimum atomic E-state index is -0.903. The van der Waals surface area contributed by atoms with Gasteiger partial charge in [0, 0.05) is 12.1 Å². The van der Waals surface area contributed by atoms with Crippen LogP contribution in [0.2, 0.25) is 0 Å². The van der Waals surface area contributed by atoms with Crippen molar-refractivity contribution in [2.24, 2.45) is 0 Å². The molecule has 8 nitrogen and oxygen atoms in total. The molecular formula is C22H24N3O5S+. The van der Waals surface area contributed by atoms with Crippen LogP contribution in [0.1, 0.15) is 17.5 Å². The summed E-state index contributed by atoms with van der Waals surface area (Å²) in [6.07, 6.45) is 1.32. The Morgan fingerprint density at radius 1 is 1.13 bits per heavy atom. The van der Waals surface area contributed by atoms with Crippen LogP contribution in [0.25, 0.3) is 0 Å². The van der Waals surface area contributed by atoms with Crippen LogP contribution in [0.15, 0.2) is 54.6 Å². The van der Waals surface area contributed by atoms with Crippen molar-refractivity contribution in [2.45, 2.75) is 19.1 Å². The summed E-state index contributed by atoms with van der Waals surface area (Å²) in [7, 11) is -0.444. The predicted molar refractivity (Wildman–Crippen MR) is 119 cm³/mol. The Morgan fingerprint density at radius 3 is 2.42 bits per heavy atom. The van der Waals surface area contributed by atoms with Gasteiger partial charge in [0.05, 0.1) is 17.9 Å². The number of nitriles is 1. The lowest BCUT2D eigenvalue weighted by Gasteiger charge is -2.18. The van der Waals surface area contributed by atoms with Crippen LogP contribution in [0.4, 0.5) is 10.5 Å². The molecule has 9 heteroatoms. The highest BCUT2D eigenvalue weighted by molar-refractivity contribution is 7.96. The number of nitrogens with zero attached hydrogens (tertiary/aromatic N) is 1. The third-order valence-electron chi connectivity index (χ3n) is 4.23. The van der Waals surface area contributed by atoms with Crippen molar-refractivity contribution in [1.29, 1.82) is 5.26 Å². The highest BCUT2D eigenvalue weighted by Gasteiger charge is 2.26. The lowest BCUT2D eigenvalue weighted by atomic mass is 10.2. The predicted octanol–water partition coefficient (Wildman–Crippen LogP) is 2.51. The van der Waals surface area contributed by atoms with Crippen molar-refractivity contribution in [3.05, 3.63) is 65.7 Å². The van der Waals surface area contributed by atoms with E-state index < -0.39 is 34.9 Å². The van der Waals surface area contributed by atoms with Gasteiger partial charge in [-0.3, -0.25) is 4.79 Å². The van der Waals surface area contributed by atoms with E-state index in [1.165, 1.54) is 0 Å². The van der Waals surface area contributed by atoms with Crippen molar-refractivity contribution < 1.29 is 24.2 Å². The smallest absolute Gasteiger partial charge is 0.408 e. The summed E-state index contributed by atoms with van der Waals surface area (Å²) < 4.78 is 5.20. The molecule has 0 saturated carbocycles. The van der Waals surface area contributed by atoms with Gasteiger partial charge in [-0.15, -0.1) is 0 Å². The van der Waals surface area contributed by atoms with E-state index in [1.807, 2.05) is 36.4 Å². The molecule has 0 aliphatic carbocycles. The number of benzene rings is 2. The number of amides is 2. The number of rotatable bonds is 10. The molecule has 0 spiro atoms. The maximum atomic E-state index is 12.8. The first-order valence-electron chi connectivity index (χ1n) is 9.46. The molecule has 2 aromatic carbocycles. The molecule has 0 heterocycles. The van der Waals surface area contributed by atoms with Crippen LogP contribution >= 0.6 is 0 Å². The van der Waals surface area contributed by atoms with E-state index in [-0.39, 0.29) is 18.8 Å². The van der Waals surface area contributed by atoms with Gasteiger partial charge in [-0.2, -0.15) is 5.26 Å². The van der Waals surface area contributed by atoms with Gasteiger partial charge in [-0.1, -0.05) is 30.3 Å². The van der Waals surface area contributed by atoms with E-state index in [0.29, 0.717) is 17.0 Å². The number of carbonyl (C=O) groups excluding carboxylic acids is 2. The quantitative estimate of drug-likeness (QED) is 0.485. The molecular weight excluding hydrogens is 418 g/mol. The van der Waals surface area contributed by atoms with Gasteiger partial charge in [0.1, 0.15) is 18.4 Å². The minimum absolute atomic E-state index is 0.00240. The molecule has 0 bridgehead atoms. The summed E-state index contributed by atoms with van der Waals surface area (Å²) in [6.45, 7) is 0.0633. The third-order valence-corrected chi connectivity index (χ3v) is 5.90. The second-order valence-electron chi connectivity index (χ2n) is 6.75. The van der Waals surface area contributed by atoms with Crippen LogP contribution in [0.3, 0.4) is 0 Å². The van der Waals surface area contributed by atoms with E-state index in [2.05, 4.69) is 10.6 Å². The molecule has 0 aliphatic rings. The van der Waals surface area contributed by atoms with Gasteiger partial charge in [-0.25, -0.2) is 9.59 Å². The monoisotopic (exact) mass is 442 g/mol. The first-order chi connectivity index (χ1) is 14.9. The van der Waals surface area contributed by atoms with Crippen LogP contribution in [0.5, 0.6) is 0 Å². The second-order valence-corrected chi connectivity index (χ2v) is 9.01. The van der Waals surface area contributed by atoms with E-state index >= 15 is 0 Å². The molecule has 2 aromatic rings. The number of carbonyl (C=O) groups is 3. The van der Waals surface area contributed by atoms with Crippen LogP contribution < -0.4 is 10.6 Å². The fourth-order valence-electron chi connectivity index (χ4n) is 2.64. The summed E-state index contributed by atoms with van der Waals surface area (Å²) in [5, 5.41) is 23.1. The number of carboxylic acids is 1. The average Bonchev–Trinajstić information content (AvgIpc) is 2.76. The number of aliphatic carboxylic acids is 1. The Kier molecular flexibility index (Phi) is 9.39. The van der Waals surface area contributed by atoms with Crippen LogP contribution in [-0.4, -0.2) is 46.9 Å². The molecule has 162 valence electrons. The maximum absolute atomic E-state index is 12.8. The molecule has 2 amide bonds. The Morgan fingerprint density at radius 2 is 1.81 bits per heavy atom. The highest BCUT2D eigenvalue weighted by Crippen LogP contribution is 2.11. The minimum Gasteiger partial charge on any atom is -0.478 e. The molecule has 0 aliphatic heterocycles. The highest BCUT2D eigenvalue weighted by atomic mass is 32.2. The first-order valence-corrected chi connectivity index (χ1v) is 11.4. The van der Waals surface area contributed by atoms with E-state index in [0.717, 1.165) is 5.56 Å². The Hall–Kier alpha value is -3.51. The van der Waals surface area contributed by atoms with Gasteiger partial charge >= 0.3 is 12.1 Å². The third kappa shape index (κ3) is 8.80. The second kappa shape index (κ2) is 12.2. The summed E-state index contributed by atoms with van der Waals surface area (Å²) in [4.78, 5) is 35.9. The Labute approximate surface area is 183 Å². The van der Waals surface area contributed by atoms with Crippen LogP contribution in [0, 0.1) is 11.3 Å². The summed E-state index contributed by atoms with van der Waals surface area (Å²) in [5.41, 5.74) is 1.75. The Balaban J connectivity index is 1.99. The zero-order chi connectivity index (χ0) is 22.6. The van der Waals surface area contributed by atoms with Crippen molar-refractivity contribution >= 4 is 34.6 Å². The van der Waals surface area contributed by atoms with E-state index in [4.69, 9.17) is 15.1 Å². The number of carboxylic acid groups (broad SMARTS) is 1. The van der Waals surface area contributed by atoms with Crippen LogP contribution in [-0.2, 0) is 31.8 Å². The number of anilines is 1. The summed E-state index contributed by atoms with van der Waals surface area (Å²) in [6, 6.07) is 16.6. The molecule has 3 N–H and O–H groups in total. The molecule has 1 unspecified atom stereocenters. The lowest BCUT2D eigenvalue weighted by Crippen LogP contribution is -2.45. The SMILES string of the molecule is C[S+](CC[C@H](NC(=O)OCc1ccccc1)C(=O)Nc1ccc(C#N)cc1)CC(=O)O. The van der Waals surface area contributed by atoms with Gasteiger partial charge in [0.15, 0.2) is 0 Å². The number of hydrogen-bond acceptors (Lipinski definition) is 5. The van der Waals surface area contributed by atoms with Crippen molar-refractivity contribution in [2.75, 3.05) is 23.1 Å². The topological polar surface area (TPSA) is 129 Å². The molecule has 0 radical (unpaired) electrons. The zero-order valence-corrected chi connectivity index (χ0v) is 17.9.